The van der Waals surface area contributed by atoms with Gasteiger partial charge in [-0.2, -0.15) is 0 Å². The molecule has 2 nitrogen and oxygen atoms in total. The van der Waals surface area contributed by atoms with Crippen LogP contribution in [-0.4, -0.2) is 31.1 Å². The maximum Gasteiger partial charge on any atom is 0.0305 e. The molecular weight excluding hydrogens is 228 g/mol. The Hall–Kier alpha value is -0.380. The number of likely N-dealkylation sites (N-methyl/N-ethyl adjacent to an activating group) is 1. The lowest BCUT2D eigenvalue weighted by molar-refractivity contribution is 0.218. The minimum absolute atomic E-state index is 0.483. The first-order valence-electron chi connectivity index (χ1n) is 6.58. The van der Waals surface area contributed by atoms with Gasteiger partial charge in [-0.25, -0.2) is 0 Å². The van der Waals surface area contributed by atoms with Gasteiger partial charge in [0, 0.05) is 28.4 Å². The first-order valence-corrected chi connectivity index (χ1v) is 7.39. The maximum atomic E-state index is 3.78. The van der Waals surface area contributed by atoms with Gasteiger partial charge < -0.3 is 10.2 Å². The minimum Gasteiger partial charge on any atom is -0.306 e. The Kier molecular flexibility index (Phi) is 4.23. The Bertz CT molecular complexity index is 372. The van der Waals surface area contributed by atoms with E-state index in [0.717, 1.165) is 0 Å². The number of aryl methyl sites for hydroxylation is 2. The first-order chi connectivity index (χ1) is 8.06. The Labute approximate surface area is 109 Å². The van der Waals surface area contributed by atoms with E-state index < -0.39 is 0 Å². The fourth-order valence-corrected chi connectivity index (χ4v) is 3.85. The van der Waals surface area contributed by atoms with Crippen LogP contribution in [-0.2, 0) is 0 Å². The summed E-state index contributed by atoms with van der Waals surface area (Å²) in [5, 5.41) is 3.78. The Morgan fingerprint density at radius 1 is 1.47 bits per heavy atom. The second kappa shape index (κ2) is 5.51. The number of hydrogen-bond acceptors (Lipinski definition) is 3. The second-order valence-corrected chi connectivity index (χ2v) is 6.82. The number of hydrogen-bond donors (Lipinski definition) is 1. The maximum absolute atomic E-state index is 3.78. The Balaban J connectivity index is 1.96. The third kappa shape index (κ3) is 3.30. The van der Waals surface area contributed by atoms with E-state index in [2.05, 4.69) is 44.1 Å². The summed E-state index contributed by atoms with van der Waals surface area (Å²) in [4.78, 5) is 5.32. The van der Waals surface area contributed by atoms with Crippen molar-refractivity contribution in [3.05, 3.63) is 21.4 Å². The van der Waals surface area contributed by atoms with Gasteiger partial charge in [-0.1, -0.05) is 0 Å². The smallest absolute Gasteiger partial charge is 0.0305 e. The van der Waals surface area contributed by atoms with Gasteiger partial charge in [0.15, 0.2) is 0 Å². The van der Waals surface area contributed by atoms with Crippen molar-refractivity contribution in [2.75, 3.05) is 20.1 Å². The molecule has 1 aliphatic heterocycles. The van der Waals surface area contributed by atoms with Gasteiger partial charge in [-0.3, -0.25) is 0 Å². The molecule has 0 spiro atoms. The fraction of sp³-hybridized carbons (Fsp3) is 0.714. The molecule has 0 bridgehead atoms. The van der Waals surface area contributed by atoms with E-state index in [4.69, 9.17) is 0 Å². The average Bonchev–Trinajstić information content (AvgIpc) is 2.58. The summed E-state index contributed by atoms with van der Waals surface area (Å²) in [6.07, 6.45) is 2.64. The van der Waals surface area contributed by atoms with E-state index in [1.54, 1.807) is 0 Å². The highest BCUT2D eigenvalue weighted by atomic mass is 32.1. The predicted molar refractivity (Wildman–Crippen MR) is 75.9 cm³/mol. The number of nitrogens with zero attached hydrogens (tertiary/aromatic N) is 1. The van der Waals surface area contributed by atoms with Crippen molar-refractivity contribution in [3.8, 4) is 0 Å². The molecule has 3 heteroatoms. The highest BCUT2D eigenvalue weighted by Crippen LogP contribution is 2.27. The van der Waals surface area contributed by atoms with Crippen LogP contribution in [0, 0.1) is 13.8 Å². The molecule has 1 aromatic heterocycles. The summed E-state index contributed by atoms with van der Waals surface area (Å²) in [5.41, 5.74) is 1.49. The molecule has 0 amide bonds. The first kappa shape index (κ1) is 13.1. The van der Waals surface area contributed by atoms with Gasteiger partial charge >= 0.3 is 0 Å². The summed E-state index contributed by atoms with van der Waals surface area (Å²) < 4.78 is 0. The monoisotopic (exact) mass is 252 g/mol. The molecule has 17 heavy (non-hydrogen) atoms. The van der Waals surface area contributed by atoms with Crippen molar-refractivity contribution < 1.29 is 0 Å². The number of piperidine rings is 1. The number of likely N-dealkylation sites (tertiary alicyclic amines) is 1. The number of rotatable bonds is 3. The van der Waals surface area contributed by atoms with Crippen LogP contribution in [0.5, 0.6) is 0 Å². The van der Waals surface area contributed by atoms with E-state index in [1.165, 1.54) is 41.2 Å². The van der Waals surface area contributed by atoms with E-state index in [0.29, 0.717) is 12.1 Å². The second-order valence-electron chi connectivity index (χ2n) is 5.36. The van der Waals surface area contributed by atoms with Gasteiger partial charge in [-0.15, -0.1) is 11.3 Å². The molecular formula is C14H24N2S. The van der Waals surface area contributed by atoms with Gasteiger partial charge in [0.2, 0.25) is 0 Å². The Morgan fingerprint density at radius 3 is 2.82 bits per heavy atom. The van der Waals surface area contributed by atoms with E-state index >= 15 is 0 Å². The number of nitrogens with one attached hydrogen (secondary N) is 1. The minimum atomic E-state index is 0.483. The molecule has 1 aromatic rings. The van der Waals surface area contributed by atoms with E-state index in [9.17, 15) is 0 Å². The highest BCUT2D eigenvalue weighted by molar-refractivity contribution is 7.12. The lowest BCUT2D eigenvalue weighted by Gasteiger charge is -2.32. The van der Waals surface area contributed by atoms with Gasteiger partial charge in [0.1, 0.15) is 0 Å². The molecule has 2 atom stereocenters. The van der Waals surface area contributed by atoms with E-state index in [1.807, 2.05) is 11.3 Å². The molecule has 2 rings (SSSR count). The highest BCUT2D eigenvalue weighted by Gasteiger charge is 2.20. The van der Waals surface area contributed by atoms with Crippen molar-refractivity contribution in [2.45, 2.75) is 45.7 Å². The van der Waals surface area contributed by atoms with Crippen molar-refractivity contribution in [3.63, 3.8) is 0 Å². The average molecular weight is 252 g/mol. The van der Waals surface area contributed by atoms with Crippen molar-refractivity contribution >= 4 is 11.3 Å². The molecule has 2 heterocycles. The van der Waals surface area contributed by atoms with Crippen LogP contribution < -0.4 is 5.32 Å². The Morgan fingerprint density at radius 2 is 2.24 bits per heavy atom. The van der Waals surface area contributed by atoms with Crippen LogP contribution in [0.4, 0.5) is 0 Å². The zero-order valence-electron chi connectivity index (χ0n) is 11.4. The molecule has 0 saturated carbocycles. The predicted octanol–water partition coefficient (Wildman–Crippen LogP) is 3.11. The van der Waals surface area contributed by atoms with Crippen molar-refractivity contribution in [1.29, 1.82) is 0 Å². The topological polar surface area (TPSA) is 15.3 Å². The largest absolute Gasteiger partial charge is 0.306 e. The zero-order valence-corrected chi connectivity index (χ0v) is 12.2. The summed E-state index contributed by atoms with van der Waals surface area (Å²) in [6, 6.07) is 3.48. The third-order valence-corrected chi connectivity index (χ3v) is 4.64. The molecule has 0 aliphatic carbocycles. The third-order valence-electron chi connectivity index (χ3n) is 3.66. The number of thiophene rings is 1. The van der Waals surface area contributed by atoms with Crippen LogP contribution in [0.25, 0.3) is 0 Å². The molecule has 0 aromatic carbocycles. The SMILES string of the molecule is Cc1cc(C(C)NC2CCCN(C)C2)c(C)s1. The van der Waals surface area contributed by atoms with Gasteiger partial charge in [0.05, 0.1) is 0 Å². The van der Waals surface area contributed by atoms with Crippen molar-refractivity contribution in [1.82, 2.24) is 10.2 Å². The molecule has 0 radical (unpaired) electrons. The van der Waals surface area contributed by atoms with Crippen molar-refractivity contribution in [2.24, 2.45) is 0 Å². The molecule has 1 aliphatic rings. The molecule has 2 unspecified atom stereocenters. The van der Waals surface area contributed by atoms with Crippen LogP contribution >= 0.6 is 11.3 Å². The zero-order chi connectivity index (χ0) is 12.4. The lowest BCUT2D eigenvalue weighted by atomic mass is 10.0. The molecule has 1 saturated heterocycles. The fourth-order valence-electron chi connectivity index (χ4n) is 2.83. The summed E-state index contributed by atoms with van der Waals surface area (Å²) in [7, 11) is 2.22. The van der Waals surface area contributed by atoms with Gasteiger partial charge in [-0.05, 0) is 58.8 Å². The normalized spacial score (nSPS) is 23.9. The molecule has 96 valence electrons. The van der Waals surface area contributed by atoms with Crippen LogP contribution in [0.15, 0.2) is 6.07 Å². The quantitative estimate of drug-likeness (QED) is 0.889. The lowest BCUT2D eigenvalue weighted by Crippen LogP contribution is -2.44. The molecule has 1 fully saturated rings. The van der Waals surface area contributed by atoms with Crippen LogP contribution in [0.3, 0.4) is 0 Å². The van der Waals surface area contributed by atoms with Crippen LogP contribution in [0.2, 0.25) is 0 Å². The standard InChI is InChI=1S/C14H24N2S/c1-10-8-14(12(3)17-10)11(2)15-13-6-5-7-16(4)9-13/h8,11,13,15H,5-7,9H2,1-4H3. The van der Waals surface area contributed by atoms with E-state index in [-0.39, 0.29) is 0 Å². The summed E-state index contributed by atoms with van der Waals surface area (Å²) in [6.45, 7) is 9.17. The van der Waals surface area contributed by atoms with Crippen LogP contribution in [0.1, 0.15) is 41.1 Å². The summed E-state index contributed by atoms with van der Waals surface area (Å²) >= 11 is 1.91. The van der Waals surface area contributed by atoms with Gasteiger partial charge in [0.25, 0.3) is 0 Å². The molecule has 1 N–H and O–H groups in total. The summed E-state index contributed by atoms with van der Waals surface area (Å²) in [5.74, 6) is 0.